The number of rotatable bonds is 3. The number of nitrogens with one attached hydrogen (secondary N) is 1. The maximum Gasteiger partial charge on any atom is 0.425 e. The lowest BCUT2D eigenvalue weighted by Gasteiger charge is -2.28. The van der Waals surface area contributed by atoms with Gasteiger partial charge in [-0.15, -0.1) is 0 Å². The van der Waals surface area contributed by atoms with Crippen LogP contribution in [0, 0.1) is 5.82 Å². The van der Waals surface area contributed by atoms with Crippen molar-refractivity contribution < 1.29 is 27.5 Å². The minimum absolute atomic E-state index is 0.0846. The van der Waals surface area contributed by atoms with Gasteiger partial charge in [-0.25, -0.2) is 4.39 Å². The molecule has 4 rings (SSSR count). The Morgan fingerprint density at radius 2 is 1.93 bits per heavy atom. The number of carbonyl (C=O) groups is 1. The van der Waals surface area contributed by atoms with Crippen LogP contribution in [-0.2, 0) is 16.9 Å². The van der Waals surface area contributed by atoms with Crippen LogP contribution in [0.1, 0.15) is 11.1 Å². The molecular formula is C20H15F4N3O2. The van der Waals surface area contributed by atoms with Crippen LogP contribution in [0.2, 0.25) is 0 Å². The summed E-state index contributed by atoms with van der Waals surface area (Å²) in [7, 11) is 1.46. The first-order valence-corrected chi connectivity index (χ1v) is 8.63. The molecule has 0 unspecified atom stereocenters. The van der Waals surface area contributed by atoms with Gasteiger partial charge in [-0.1, -0.05) is 24.3 Å². The molecule has 1 aliphatic rings. The summed E-state index contributed by atoms with van der Waals surface area (Å²) in [5.41, 5.74) is -3.53. The van der Waals surface area contributed by atoms with Crippen molar-refractivity contribution in [1.82, 2.24) is 15.1 Å². The molecular weight excluding hydrogens is 390 g/mol. The van der Waals surface area contributed by atoms with E-state index in [9.17, 15) is 27.5 Å². The minimum Gasteiger partial charge on any atom is -0.372 e. The van der Waals surface area contributed by atoms with Gasteiger partial charge in [0.1, 0.15) is 12.4 Å². The third kappa shape index (κ3) is 2.80. The minimum atomic E-state index is -5.05. The zero-order chi connectivity index (χ0) is 21.0. The number of hydrogen-bond acceptors (Lipinski definition) is 3. The van der Waals surface area contributed by atoms with E-state index in [0.717, 1.165) is 6.07 Å². The molecule has 5 nitrogen and oxygen atoms in total. The highest BCUT2D eigenvalue weighted by Crippen LogP contribution is 2.57. The predicted octanol–water partition coefficient (Wildman–Crippen LogP) is 3.21. The summed E-state index contributed by atoms with van der Waals surface area (Å²) in [4.78, 5) is 11.5. The third-order valence-electron chi connectivity index (χ3n) is 5.02. The second-order valence-electron chi connectivity index (χ2n) is 6.73. The number of aliphatic hydroxyl groups is 1. The van der Waals surface area contributed by atoms with E-state index in [-0.39, 0.29) is 34.7 Å². The lowest BCUT2D eigenvalue weighted by Crippen LogP contribution is -2.41. The highest BCUT2D eigenvalue weighted by atomic mass is 19.4. The van der Waals surface area contributed by atoms with Gasteiger partial charge in [0, 0.05) is 29.9 Å². The van der Waals surface area contributed by atoms with Gasteiger partial charge in [0.25, 0.3) is 0 Å². The van der Waals surface area contributed by atoms with Gasteiger partial charge in [0.05, 0.1) is 6.20 Å². The van der Waals surface area contributed by atoms with Gasteiger partial charge in [-0.3, -0.25) is 9.48 Å². The summed E-state index contributed by atoms with van der Waals surface area (Å²) < 4.78 is 57.4. The number of fused-ring (bicyclic) bond motifs is 3. The van der Waals surface area contributed by atoms with Gasteiger partial charge < -0.3 is 10.4 Å². The molecule has 0 spiro atoms. The topological polar surface area (TPSA) is 67.2 Å². The smallest absolute Gasteiger partial charge is 0.372 e. The normalized spacial score (nSPS) is 17.7. The summed E-state index contributed by atoms with van der Waals surface area (Å²) in [5.74, 6) is -1.24. The molecule has 1 aromatic heterocycles. The largest absolute Gasteiger partial charge is 0.425 e. The van der Waals surface area contributed by atoms with Crippen molar-refractivity contribution in [2.45, 2.75) is 18.3 Å². The standard InChI is InChI=1S/C20H15F4N3O2/c1-25-17(28)10-27-9-11(8-26-27)14-6-12(21)7-16-18(14)13-4-2-3-5-15(13)19(16,29)20(22,23)24/h2-9,29H,10H2,1H3,(H,25,28)/t19-/m1/s1. The number of benzene rings is 2. The lowest BCUT2D eigenvalue weighted by molar-refractivity contribution is -0.246. The van der Waals surface area contributed by atoms with Crippen LogP contribution < -0.4 is 5.32 Å². The number of hydrogen-bond donors (Lipinski definition) is 2. The van der Waals surface area contributed by atoms with Crippen molar-refractivity contribution in [1.29, 1.82) is 0 Å². The van der Waals surface area contributed by atoms with Crippen LogP contribution in [0.4, 0.5) is 17.6 Å². The van der Waals surface area contributed by atoms with E-state index in [1.54, 1.807) is 6.07 Å². The highest BCUT2D eigenvalue weighted by molar-refractivity contribution is 5.92. The fourth-order valence-corrected chi connectivity index (χ4v) is 3.69. The highest BCUT2D eigenvalue weighted by Gasteiger charge is 2.61. The Labute approximate surface area is 162 Å². The number of likely N-dealkylation sites (N-methyl/N-ethyl adjacent to an activating group) is 1. The van der Waals surface area contributed by atoms with Gasteiger partial charge in [-0.2, -0.15) is 18.3 Å². The summed E-state index contributed by atoms with van der Waals surface area (Å²) >= 11 is 0. The maximum absolute atomic E-state index is 14.4. The summed E-state index contributed by atoms with van der Waals surface area (Å²) in [5, 5.41) is 17.2. The molecule has 2 N–H and O–H groups in total. The first-order valence-electron chi connectivity index (χ1n) is 8.63. The van der Waals surface area contributed by atoms with Gasteiger partial charge in [-0.05, 0) is 28.8 Å². The first kappa shape index (κ1) is 19.1. The van der Waals surface area contributed by atoms with Crippen molar-refractivity contribution in [2.24, 2.45) is 0 Å². The molecule has 1 heterocycles. The lowest BCUT2D eigenvalue weighted by atomic mass is 9.89. The molecule has 0 radical (unpaired) electrons. The molecule has 0 saturated heterocycles. The predicted molar refractivity (Wildman–Crippen MR) is 96.2 cm³/mol. The van der Waals surface area contributed by atoms with E-state index in [4.69, 9.17) is 0 Å². The molecule has 0 fully saturated rings. The molecule has 0 bridgehead atoms. The fourth-order valence-electron chi connectivity index (χ4n) is 3.69. The van der Waals surface area contributed by atoms with E-state index in [2.05, 4.69) is 10.4 Å². The van der Waals surface area contributed by atoms with Crippen molar-refractivity contribution in [3.63, 3.8) is 0 Å². The quantitative estimate of drug-likeness (QED) is 0.658. The number of carbonyl (C=O) groups excluding carboxylic acids is 1. The molecule has 29 heavy (non-hydrogen) atoms. The van der Waals surface area contributed by atoms with Crippen molar-refractivity contribution in [3.8, 4) is 22.3 Å². The SMILES string of the molecule is CNC(=O)Cn1cc(-c2cc(F)cc3c2-c2ccccc2[C@]3(O)C(F)(F)F)cn1. The van der Waals surface area contributed by atoms with E-state index in [1.807, 2.05) is 0 Å². The summed E-state index contributed by atoms with van der Waals surface area (Å²) in [6.07, 6.45) is -2.27. The molecule has 2 aromatic carbocycles. The number of halogens is 4. The Morgan fingerprint density at radius 3 is 2.62 bits per heavy atom. The Kier molecular flexibility index (Phi) is 4.23. The molecule has 9 heteroatoms. The van der Waals surface area contributed by atoms with Crippen molar-refractivity contribution in [2.75, 3.05) is 7.05 Å². The Morgan fingerprint density at radius 1 is 1.21 bits per heavy atom. The van der Waals surface area contributed by atoms with Gasteiger partial charge in [0.2, 0.25) is 11.5 Å². The van der Waals surface area contributed by atoms with Crippen molar-refractivity contribution >= 4 is 5.91 Å². The molecule has 0 saturated carbocycles. The molecule has 150 valence electrons. The zero-order valence-electron chi connectivity index (χ0n) is 15.1. The average molecular weight is 405 g/mol. The Bertz CT molecular complexity index is 1120. The molecule has 1 amide bonds. The molecule has 0 aliphatic heterocycles. The van der Waals surface area contributed by atoms with Crippen LogP contribution in [0.25, 0.3) is 22.3 Å². The van der Waals surface area contributed by atoms with Crippen LogP contribution in [0.5, 0.6) is 0 Å². The fraction of sp³-hybridized carbons (Fsp3) is 0.200. The van der Waals surface area contributed by atoms with E-state index >= 15 is 0 Å². The van der Waals surface area contributed by atoms with Crippen LogP contribution in [0.15, 0.2) is 48.8 Å². The molecule has 3 aromatic rings. The second kappa shape index (κ2) is 6.41. The molecule has 1 atom stereocenters. The van der Waals surface area contributed by atoms with E-state index < -0.39 is 23.2 Å². The summed E-state index contributed by atoms with van der Waals surface area (Å²) in [6.45, 7) is -0.100. The number of alkyl halides is 3. The number of aromatic nitrogens is 2. The first-order chi connectivity index (χ1) is 13.7. The third-order valence-corrected chi connectivity index (χ3v) is 5.02. The van der Waals surface area contributed by atoms with Crippen LogP contribution in [0.3, 0.4) is 0 Å². The Hall–Kier alpha value is -3.20. The van der Waals surface area contributed by atoms with E-state index in [0.29, 0.717) is 11.6 Å². The van der Waals surface area contributed by atoms with Crippen LogP contribution in [-0.4, -0.2) is 34.0 Å². The van der Waals surface area contributed by atoms with E-state index in [1.165, 1.54) is 42.3 Å². The van der Waals surface area contributed by atoms with Crippen molar-refractivity contribution in [3.05, 3.63) is 65.7 Å². The number of nitrogens with zero attached hydrogens (tertiary/aromatic N) is 2. The monoisotopic (exact) mass is 405 g/mol. The molecule has 1 aliphatic carbocycles. The maximum atomic E-state index is 14.4. The van der Waals surface area contributed by atoms with Crippen LogP contribution >= 0.6 is 0 Å². The summed E-state index contributed by atoms with van der Waals surface area (Å²) in [6, 6.07) is 7.37. The van der Waals surface area contributed by atoms with Gasteiger partial charge in [0.15, 0.2) is 0 Å². The number of amides is 1. The van der Waals surface area contributed by atoms with Gasteiger partial charge >= 0.3 is 6.18 Å². The zero-order valence-corrected chi connectivity index (χ0v) is 15.1. The average Bonchev–Trinajstić information content (AvgIpc) is 3.23. The Balaban J connectivity index is 1.96. The second-order valence-corrected chi connectivity index (χ2v) is 6.73.